The van der Waals surface area contributed by atoms with Crippen molar-refractivity contribution < 1.29 is 23.9 Å². The zero-order valence-electron chi connectivity index (χ0n) is 20.7. The predicted octanol–water partition coefficient (Wildman–Crippen LogP) is 2.86. The van der Waals surface area contributed by atoms with Gasteiger partial charge in [-0.2, -0.15) is 5.21 Å². The molecule has 0 aliphatic carbocycles. The van der Waals surface area contributed by atoms with Crippen LogP contribution in [0.15, 0.2) is 66.7 Å². The van der Waals surface area contributed by atoms with Crippen LogP contribution in [-0.4, -0.2) is 63.3 Å². The number of para-hydroxylation sites is 1. The summed E-state index contributed by atoms with van der Waals surface area (Å²) in [7, 11) is 2.40. The molecule has 0 aliphatic rings. The Labute approximate surface area is 216 Å². The van der Waals surface area contributed by atoms with Gasteiger partial charge in [-0.05, 0) is 47.2 Å². The number of carbonyl (C=O) groups excluding carboxylic acids is 3. The Balaban J connectivity index is 1.40. The zero-order chi connectivity index (χ0) is 26.6. The third kappa shape index (κ3) is 4.81. The molecule has 0 unspecified atom stereocenters. The standard InChI is InChI=1S/C27H24N6O5/c1-37-24(34)14-21(27(36)38-2)28-26(35)17-9-7-16(8-10-17)15-33-22-6-4-3-5-19(22)20-13-18(11-12-23(20)33)25-29-31-32-30-25/h3-13,21H,14-15H2,1-2H3,(H,28,35)(H,29,30,31,32)/t21-/m0/s1. The summed E-state index contributed by atoms with van der Waals surface area (Å²) in [6, 6.07) is 20.1. The van der Waals surface area contributed by atoms with E-state index in [2.05, 4.69) is 53.4 Å². The minimum absolute atomic E-state index is 0.324. The Kier molecular flexibility index (Phi) is 6.81. The monoisotopic (exact) mass is 512 g/mol. The van der Waals surface area contributed by atoms with E-state index in [1.54, 1.807) is 12.1 Å². The van der Waals surface area contributed by atoms with E-state index < -0.39 is 23.9 Å². The molecule has 5 aromatic rings. The molecule has 0 aliphatic heterocycles. The molecule has 11 heteroatoms. The van der Waals surface area contributed by atoms with Crippen molar-refractivity contribution in [2.75, 3.05) is 14.2 Å². The molecule has 38 heavy (non-hydrogen) atoms. The molecule has 2 aromatic heterocycles. The van der Waals surface area contributed by atoms with Crippen molar-refractivity contribution in [3.63, 3.8) is 0 Å². The summed E-state index contributed by atoms with van der Waals surface area (Å²) in [6.07, 6.45) is -0.324. The number of methoxy groups -OCH3 is 2. The van der Waals surface area contributed by atoms with Gasteiger partial charge in [0.15, 0.2) is 0 Å². The Hall–Kier alpha value is -5.06. The molecule has 2 N–H and O–H groups in total. The molecular weight excluding hydrogens is 488 g/mol. The molecule has 0 saturated carbocycles. The van der Waals surface area contributed by atoms with Crippen molar-refractivity contribution in [2.24, 2.45) is 0 Å². The predicted molar refractivity (Wildman–Crippen MR) is 138 cm³/mol. The van der Waals surface area contributed by atoms with Crippen LogP contribution in [0.2, 0.25) is 0 Å². The average Bonchev–Trinajstić information content (AvgIpc) is 3.60. The third-order valence-corrected chi connectivity index (χ3v) is 6.32. The van der Waals surface area contributed by atoms with Gasteiger partial charge >= 0.3 is 11.9 Å². The SMILES string of the molecule is COC(=O)C[C@H](NC(=O)c1ccc(Cn2c3ccccc3c3cc(-c4nn[nH]n4)ccc32)cc1)C(=O)OC. The molecule has 0 spiro atoms. The number of aromatic nitrogens is 5. The molecule has 192 valence electrons. The lowest BCUT2D eigenvalue weighted by molar-refractivity contribution is -0.149. The van der Waals surface area contributed by atoms with Crippen LogP contribution < -0.4 is 5.32 Å². The first kappa shape index (κ1) is 24.6. The Morgan fingerprint density at radius 3 is 2.42 bits per heavy atom. The van der Waals surface area contributed by atoms with Crippen LogP contribution in [0.4, 0.5) is 0 Å². The number of aromatic amines is 1. The number of nitrogens with zero attached hydrogens (tertiary/aromatic N) is 4. The number of carbonyl (C=O) groups is 3. The van der Waals surface area contributed by atoms with Gasteiger partial charge in [-0.3, -0.25) is 9.59 Å². The summed E-state index contributed by atoms with van der Waals surface area (Å²) in [4.78, 5) is 36.4. The summed E-state index contributed by atoms with van der Waals surface area (Å²) in [5.41, 5.74) is 4.30. The second-order valence-corrected chi connectivity index (χ2v) is 8.60. The van der Waals surface area contributed by atoms with Crippen LogP contribution in [0, 0.1) is 0 Å². The van der Waals surface area contributed by atoms with E-state index in [0.29, 0.717) is 17.9 Å². The highest BCUT2D eigenvalue weighted by Gasteiger charge is 2.25. The minimum Gasteiger partial charge on any atom is -0.469 e. The lowest BCUT2D eigenvalue weighted by Crippen LogP contribution is -2.43. The Bertz CT molecular complexity index is 1630. The zero-order valence-corrected chi connectivity index (χ0v) is 20.7. The summed E-state index contributed by atoms with van der Waals surface area (Å²) in [5, 5.41) is 19.0. The van der Waals surface area contributed by atoms with Crippen LogP contribution >= 0.6 is 0 Å². The number of amides is 1. The van der Waals surface area contributed by atoms with E-state index in [0.717, 1.165) is 32.9 Å². The van der Waals surface area contributed by atoms with Crippen molar-refractivity contribution >= 4 is 39.7 Å². The number of ether oxygens (including phenoxy) is 2. The molecule has 1 amide bonds. The molecule has 0 saturated heterocycles. The van der Waals surface area contributed by atoms with E-state index in [4.69, 9.17) is 4.74 Å². The van der Waals surface area contributed by atoms with Crippen molar-refractivity contribution in [3.8, 4) is 11.4 Å². The summed E-state index contributed by atoms with van der Waals surface area (Å²) < 4.78 is 11.5. The molecule has 0 fully saturated rings. The van der Waals surface area contributed by atoms with Crippen molar-refractivity contribution in [2.45, 2.75) is 19.0 Å². The number of hydrogen-bond acceptors (Lipinski definition) is 8. The number of nitrogens with one attached hydrogen (secondary N) is 2. The summed E-state index contributed by atoms with van der Waals surface area (Å²) in [5.74, 6) is -1.33. The number of hydrogen-bond donors (Lipinski definition) is 2. The molecule has 2 heterocycles. The molecule has 5 rings (SSSR count). The largest absolute Gasteiger partial charge is 0.469 e. The van der Waals surface area contributed by atoms with Crippen LogP contribution in [0.5, 0.6) is 0 Å². The lowest BCUT2D eigenvalue weighted by Gasteiger charge is -2.15. The van der Waals surface area contributed by atoms with Gasteiger partial charge in [-0.25, -0.2) is 4.79 Å². The van der Waals surface area contributed by atoms with E-state index in [-0.39, 0.29) is 6.42 Å². The number of esters is 2. The number of rotatable bonds is 8. The maximum atomic E-state index is 12.8. The van der Waals surface area contributed by atoms with Crippen molar-refractivity contribution in [1.82, 2.24) is 30.5 Å². The second-order valence-electron chi connectivity index (χ2n) is 8.60. The second kappa shape index (κ2) is 10.5. The molecule has 3 aromatic carbocycles. The highest BCUT2D eigenvalue weighted by atomic mass is 16.5. The first-order chi connectivity index (χ1) is 18.5. The number of benzene rings is 3. The Morgan fingerprint density at radius 2 is 1.71 bits per heavy atom. The van der Waals surface area contributed by atoms with Gasteiger partial charge in [-0.1, -0.05) is 30.3 Å². The summed E-state index contributed by atoms with van der Waals surface area (Å²) in [6.45, 7) is 0.570. The van der Waals surface area contributed by atoms with E-state index in [9.17, 15) is 14.4 Å². The first-order valence-corrected chi connectivity index (χ1v) is 11.8. The van der Waals surface area contributed by atoms with Gasteiger partial charge in [0.1, 0.15) is 6.04 Å². The van der Waals surface area contributed by atoms with Crippen LogP contribution in [0.25, 0.3) is 33.2 Å². The first-order valence-electron chi connectivity index (χ1n) is 11.8. The fraction of sp³-hybridized carbons (Fsp3) is 0.185. The third-order valence-electron chi connectivity index (χ3n) is 6.32. The van der Waals surface area contributed by atoms with Gasteiger partial charge in [0.2, 0.25) is 5.82 Å². The van der Waals surface area contributed by atoms with Crippen molar-refractivity contribution in [3.05, 3.63) is 77.9 Å². The lowest BCUT2D eigenvalue weighted by atomic mass is 10.1. The fourth-order valence-electron chi connectivity index (χ4n) is 4.42. The van der Waals surface area contributed by atoms with E-state index in [1.165, 1.54) is 14.2 Å². The summed E-state index contributed by atoms with van der Waals surface area (Å²) >= 11 is 0. The minimum atomic E-state index is -1.14. The normalized spacial score (nSPS) is 11.8. The fourth-order valence-corrected chi connectivity index (χ4v) is 4.42. The highest BCUT2D eigenvalue weighted by Crippen LogP contribution is 2.32. The van der Waals surface area contributed by atoms with Crippen molar-refractivity contribution in [1.29, 1.82) is 0 Å². The molecule has 1 atom stereocenters. The quantitative estimate of drug-likeness (QED) is 0.302. The number of fused-ring (bicyclic) bond motifs is 3. The van der Waals surface area contributed by atoms with Crippen LogP contribution in [0.1, 0.15) is 22.3 Å². The topological polar surface area (TPSA) is 141 Å². The average molecular weight is 513 g/mol. The maximum absolute atomic E-state index is 12.8. The Morgan fingerprint density at radius 1 is 0.947 bits per heavy atom. The smallest absolute Gasteiger partial charge is 0.328 e. The van der Waals surface area contributed by atoms with Crippen LogP contribution in [-0.2, 0) is 25.6 Å². The van der Waals surface area contributed by atoms with Gasteiger partial charge < -0.3 is 19.4 Å². The molecule has 0 radical (unpaired) electrons. The number of H-pyrrole nitrogens is 1. The van der Waals surface area contributed by atoms with E-state index in [1.807, 2.05) is 36.4 Å². The maximum Gasteiger partial charge on any atom is 0.328 e. The molecule has 11 nitrogen and oxygen atoms in total. The molecule has 0 bridgehead atoms. The highest BCUT2D eigenvalue weighted by molar-refractivity contribution is 6.09. The van der Waals surface area contributed by atoms with Gasteiger partial charge in [-0.15, -0.1) is 10.2 Å². The molecular formula is C27H24N6O5. The van der Waals surface area contributed by atoms with Gasteiger partial charge in [0.05, 0.1) is 20.6 Å². The number of tetrazole rings is 1. The van der Waals surface area contributed by atoms with Crippen LogP contribution in [0.3, 0.4) is 0 Å². The van der Waals surface area contributed by atoms with Gasteiger partial charge in [0.25, 0.3) is 5.91 Å². The van der Waals surface area contributed by atoms with E-state index >= 15 is 0 Å². The van der Waals surface area contributed by atoms with Gasteiger partial charge in [0, 0.05) is 39.5 Å².